The van der Waals surface area contributed by atoms with E-state index in [9.17, 15) is 14.0 Å². The van der Waals surface area contributed by atoms with Crippen LogP contribution in [0.1, 0.15) is 49.9 Å². The van der Waals surface area contributed by atoms with E-state index in [1.807, 2.05) is 0 Å². The Morgan fingerprint density at radius 3 is 2.74 bits per heavy atom. The van der Waals surface area contributed by atoms with Crippen molar-refractivity contribution < 1.29 is 14.0 Å². The third-order valence-corrected chi connectivity index (χ3v) is 4.85. The molecule has 1 heterocycles. The van der Waals surface area contributed by atoms with Crippen LogP contribution in [0.25, 0.3) is 0 Å². The van der Waals surface area contributed by atoms with Gasteiger partial charge in [-0.2, -0.15) is 0 Å². The van der Waals surface area contributed by atoms with Crippen molar-refractivity contribution in [2.75, 3.05) is 5.32 Å². The van der Waals surface area contributed by atoms with Crippen LogP contribution >= 0.6 is 0 Å². The lowest BCUT2D eigenvalue weighted by atomic mass is 9.85. The number of carbonyl (C=O) groups excluding carboxylic acids is 2. The number of rotatable bonds is 2. The van der Waals surface area contributed by atoms with Crippen LogP contribution in [0.2, 0.25) is 0 Å². The van der Waals surface area contributed by atoms with Gasteiger partial charge in [0.05, 0.1) is 11.7 Å². The highest BCUT2D eigenvalue weighted by molar-refractivity contribution is 6.32. The molecule has 0 spiro atoms. The number of para-hydroxylation sites is 1. The molecule has 0 aromatic heterocycles. The highest BCUT2D eigenvalue weighted by Crippen LogP contribution is 2.32. The van der Waals surface area contributed by atoms with Crippen molar-refractivity contribution in [1.29, 1.82) is 0 Å². The minimum absolute atomic E-state index is 0.0780. The number of fused-ring (bicyclic) bond motifs is 1. The standard InChI is InChI=1S/C18H21FN2O2/c1-10-6-3-4-9-14(10)20-18-15(11(2)22)17(23)12-7-5-8-13(19)16(12)21-18/h5,7-8,10,14-15H,3-4,6,9H2,1-2H3,(H,20,21). The Bertz CT molecular complexity index is 684. The molecule has 5 heteroatoms. The van der Waals surface area contributed by atoms with Crippen molar-refractivity contribution in [3.8, 4) is 0 Å². The topological polar surface area (TPSA) is 58.5 Å². The predicted molar refractivity (Wildman–Crippen MR) is 87.4 cm³/mol. The van der Waals surface area contributed by atoms with Gasteiger partial charge in [-0.25, -0.2) is 4.39 Å². The molecule has 0 amide bonds. The lowest BCUT2D eigenvalue weighted by Crippen LogP contribution is -2.41. The summed E-state index contributed by atoms with van der Waals surface area (Å²) < 4.78 is 14.0. The summed E-state index contributed by atoms with van der Waals surface area (Å²) in [5, 5.41) is 2.93. The first kappa shape index (κ1) is 15.8. The van der Waals surface area contributed by atoms with Gasteiger partial charge < -0.3 is 5.32 Å². The van der Waals surface area contributed by atoms with Gasteiger partial charge >= 0.3 is 0 Å². The number of nitrogens with one attached hydrogen (secondary N) is 1. The molecule has 1 aliphatic heterocycles. The minimum Gasteiger partial charge on any atom is -0.340 e. The fourth-order valence-electron chi connectivity index (χ4n) is 3.49. The van der Waals surface area contributed by atoms with Gasteiger partial charge in [0.15, 0.2) is 5.78 Å². The van der Waals surface area contributed by atoms with Gasteiger partial charge in [0.1, 0.15) is 23.4 Å². The number of amidine groups is 1. The zero-order valence-electron chi connectivity index (χ0n) is 13.4. The lowest BCUT2D eigenvalue weighted by molar-refractivity contribution is -0.117. The van der Waals surface area contributed by atoms with Crippen LogP contribution in [0, 0.1) is 17.7 Å². The van der Waals surface area contributed by atoms with E-state index in [1.54, 1.807) is 6.07 Å². The zero-order valence-corrected chi connectivity index (χ0v) is 13.4. The molecule has 1 aliphatic carbocycles. The molecular weight excluding hydrogens is 295 g/mol. The SMILES string of the molecule is CC(=O)C1C(=O)c2cccc(F)c2NC1=NC1CCCCC1C. The van der Waals surface area contributed by atoms with E-state index in [2.05, 4.69) is 17.2 Å². The summed E-state index contributed by atoms with van der Waals surface area (Å²) >= 11 is 0. The molecule has 23 heavy (non-hydrogen) atoms. The van der Waals surface area contributed by atoms with E-state index in [-0.39, 0.29) is 28.9 Å². The van der Waals surface area contributed by atoms with Gasteiger partial charge in [-0.15, -0.1) is 0 Å². The normalized spacial score (nSPS) is 29.1. The molecule has 1 N–H and O–H groups in total. The fourth-order valence-corrected chi connectivity index (χ4v) is 3.49. The third-order valence-electron chi connectivity index (χ3n) is 4.85. The van der Waals surface area contributed by atoms with Crippen molar-refractivity contribution in [3.63, 3.8) is 0 Å². The second-order valence-electron chi connectivity index (χ2n) is 6.54. The summed E-state index contributed by atoms with van der Waals surface area (Å²) in [6.07, 6.45) is 4.30. The molecule has 3 atom stereocenters. The Labute approximate surface area is 135 Å². The monoisotopic (exact) mass is 316 g/mol. The third kappa shape index (κ3) is 2.92. The van der Waals surface area contributed by atoms with E-state index in [4.69, 9.17) is 0 Å². The summed E-state index contributed by atoms with van der Waals surface area (Å²) in [6.45, 7) is 3.52. The van der Waals surface area contributed by atoms with Gasteiger partial charge in [0, 0.05) is 5.56 Å². The molecule has 1 fully saturated rings. The number of benzene rings is 1. The Kier molecular flexibility index (Phi) is 4.28. The first-order chi connectivity index (χ1) is 11.0. The number of ketones is 2. The van der Waals surface area contributed by atoms with Crippen molar-refractivity contribution in [2.24, 2.45) is 16.8 Å². The van der Waals surface area contributed by atoms with Crippen LogP contribution < -0.4 is 5.32 Å². The van der Waals surface area contributed by atoms with Crippen LogP contribution in [0.5, 0.6) is 0 Å². The zero-order chi connectivity index (χ0) is 16.6. The summed E-state index contributed by atoms with van der Waals surface area (Å²) in [5.74, 6) is -1.37. The van der Waals surface area contributed by atoms with Crippen LogP contribution in [0.15, 0.2) is 23.2 Å². The average Bonchev–Trinajstić information content (AvgIpc) is 2.50. The van der Waals surface area contributed by atoms with Gasteiger partial charge in [0.25, 0.3) is 0 Å². The van der Waals surface area contributed by atoms with Gasteiger partial charge in [-0.1, -0.05) is 25.8 Å². The number of carbonyl (C=O) groups is 2. The number of nitrogens with zero attached hydrogens (tertiary/aromatic N) is 1. The molecule has 1 saturated carbocycles. The number of halogens is 1. The van der Waals surface area contributed by atoms with Crippen LogP contribution in [0.3, 0.4) is 0 Å². The minimum atomic E-state index is -0.946. The van der Waals surface area contributed by atoms with E-state index in [0.717, 1.165) is 19.3 Å². The van der Waals surface area contributed by atoms with Gasteiger partial charge in [0.2, 0.25) is 0 Å². The Morgan fingerprint density at radius 1 is 1.30 bits per heavy atom. The van der Waals surface area contributed by atoms with Crippen LogP contribution in [0.4, 0.5) is 10.1 Å². The molecule has 3 rings (SSSR count). The first-order valence-corrected chi connectivity index (χ1v) is 8.17. The number of Topliss-reactive ketones (excluding diaryl/α,β-unsaturated/α-hetero) is 2. The Morgan fingerprint density at radius 2 is 2.04 bits per heavy atom. The molecule has 122 valence electrons. The van der Waals surface area contributed by atoms with Crippen molar-refractivity contribution >= 4 is 23.1 Å². The lowest BCUT2D eigenvalue weighted by Gasteiger charge is -2.30. The number of anilines is 1. The number of hydrogen-bond acceptors (Lipinski definition) is 3. The highest BCUT2D eigenvalue weighted by atomic mass is 19.1. The quantitative estimate of drug-likeness (QED) is 0.848. The average molecular weight is 316 g/mol. The summed E-state index contributed by atoms with van der Waals surface area (Å²) in [7, 11) is 0. The molecule has 1 aromatic carbocycles. The molecule has 2 aliphatic rings. The molecule has 1 aromatic rings. The molecule has 0 saturated heterocycles. The van der Waals surface area contributed by atoms with Crippen molar-refractivity contribution in [3.05, 3.63) is 29.6 Å². The molecular formula is C18H21FN2O2. The van der Waals surface area contributed by atoms with Crippen molar-refractivity contribution in [2.45, 2.75) is 45.6 Å². The number of hydrogen-bond donors (Lipinski definition) is 1. The molecule has 0 bridgehead atoms. The Balaban J connectivity index is 2.03. The van der Waals surface area contributed by atoms with E-state index in [1.165, 1.54) is 25.5 Å². The predicted octanol–water partition coefficient (Wildman–Crippen LogP) is 3.62. The maximum Gasteiger partial charge on any atom is 0.183 e. The molecule has 4 nitrogen and oxygen atoms in total. The largest absolute Gasteiger partial charge is 0.340 e. The van der Waals surface area contributed by atoms with E-state index >= 15 is 0 Å². The highest BCUT2D eigenvalue weighted by Gasteiger charge is 2.38. The summed E-state index contributed by atoms with van der Waals surface area (Å²) in [4.78, 5) is 29.3. The second kappa shape index (κ2) is 6.22. The second-order valence-corrected chi connectivity index (χ2v) is 6.54. The smallest absolute Gasteiger partial charge is 0.183 e. The number of aliphatic imine (C=N–C) groups is 1. The van der Waals surface area contributed by atoms with Crippen molar-refractivity contribution in [1.82, 2.24) is 0 Å². The van der Waals surface area contributed by atoms with E-state index in [0.29, 0.717) is 11.8 Å². The van der Waals surface area contributed by atoms with Crippen LogP contribution in [-0.2, 0) is 4.79 Å². The fraction of sp³-hybridized carbons (Fsp3) is 0.500. The van der Waals surface area contributed by atoms with E-state index < -0.39 is 11.7 Å². The van der Waals surface area contributed by atoms with Gasteiger partial charge in [-0.3, -0.25) is 14.6 Å². The molecule has 3 unspecified atom stereocenters. The maximum atomic E-state index is 14.0. The maximum absolute atomic E-state index is 14.0. The summed E-state index contributed by atoms with van der Waals surface area (Å²) in [5.41, 5.74) is 0.359. The van der Waals surface area contributed by atoms with Crippen LogP contribution in [-0.4, -0.2) is 23.4 Å². The molecule has 0 radical (unpaired) electrons. The summed E-state index contributed by atoms with van der Waals surface area (Å²) in [6, 6.07) is 4.41. The Hall–Kier alpha value is -2.04. The first-order valence-electron chi connectivity index (χ1n) is 8.17. The van der Waals surface area contributed by atoms with Gasteiger partial charge in [-0.05, 0) is 37.8 Å².